The number of para-hydroxylation sites is 1. The quantitative estimate of drug-likeness (QED) is 0.265. The van der Waals surface area contributed by atoms with Crippen LogP contribution >= 0.6 is 31.9 Å². The molecule has 0 aliphatic carbocycles. The normalized spacial score (nSPS) is 15.8. The minimum atomic E-state index is -0.0467. The smallest absolute Gasteiger partial charge is 0.197 e. The van der Waals surface area contributed by atoms with Gasteiger partial charge >= 0.3 is 0 Å². The van der Waals surface area contributed by atoms with Crippen molar-refractivity contribution in [1.29, 1.82) is 0 Å². The van der Waals surface area contributed by atoms with Gasteiger partial charge in [0, 0.05) is 17.4 Å². The third-order valence-electron chi connectivity index (χ3n) is 4.73. The van der Waals surface area contributed by atoms with Crippen molar-refractivity contribution in [1.82, 2.24) is 0 Å². The van der Waals surface area contributed by atoms with Crippen LogP contribution < -0.4 is 4.74 Å². The molecule has 1 unspecified atom stereocenters. The molecule has 1 saturated heterocycles. The van der Waals surface area contributed by atoms with Gasteiger partial charge in [0.1, 0.15) is 29.8 Å². The molecule has 0 saturated carbocycles. The van der Waals surface area contributed by atoms with E-state index in [1.165, 1.54) is 0 Å². The summed E-state index contributed by atoms with van der Waals surface area (Å²) in [5.41, 5.74) is 1.99. The van der Waals surface area contributed by atoms with Crippen LogP contribution in [-0.4, -0.2) is 25.1 Å². The molecule has 1 aromatic heterocycles. The van der Waals surface area contributed by atoms with E-state index in [1.807, 2.05) is 36.4 Å². The first kappa shape index (κ1) is 19.7. The molecule has 0 N–H and O–H groups in total. The minimum absolute atomic E-state index is 0.0467. The number of unbranched alkanes of at least 4 members (excludes halogenated alkanes) is 1. The van der Waals surface area contributed by atoms with Crippen LogP contribution in [0.2, 0.25) is 0 Å². The number of hydrogen-bond acceptors (Lipinski definition) is 4. The van der Waals surface area contributed by atoms with Crippen molar-refractivity contribution in [2.75, 3.05) is 13.2 Å². The average molecular weight is 508 g/mol. The van der Waals surface area contributed by atoms with Gasteiger partial charge in [0.05, 0.1) is 21.1 Å². The van der Waals surface area contributed by atoms with E-state index in [1.54, 1.807) is 0 Å². The van der Waals surface area contributed by atoms with Crippen molar-refractivity contribution >= 4 is 48.6 Å². The molecule has 28 heavy (non-hydrogen) atoms. The molecule has 2 heterocycles. The summed E-state index contributed by atoms with van der Waals surface area (Å²) >= 11 is 7.08. The predicted octanol–water partition coefficient (Wildman–Crippen LogP) is 6.31. The van der Waals surface area contributed by atoms with Crippen LogP contribution in [0.15, 0.2) is 49.8 Å². The molecule has 1 atom stereocenters. The van der Waals surface area contributed by atoms with Crippen LogP contribution in [-0.2, 0) is 11.2 Å². The minimum Gasteiger partial charge on any atom is -0.488 e. The molecule has 3 aromatic rings. The molecular formula is C22H20Br2O4. The van der Waals surface area contributed by atoms with Gasteiger partial charge in [0.2, 0.25) is 0 Å². The second kappa shape index (κ2) is 8.39. The van der Waals surface area contributed by atoms with Gasteiger partial charge in [0.25, 0.3) is 0 Å². The second-order valence-corrected chi connectivity index (χ2v) is 8.57. The van der Waals surface area contributed by atoms with E-state index in [2.05, 4.69) is 38.8 Å². The fourth-order valence-corrected chi connectivity index (χ4v) is 4.59. The molecule has 0 amide bonds. The first-order valence-electron chi connectivity index (χ1n) is 9.37. The molecule has 1 aliphatic heterocycles. The predicted molar refractivity (Wildman–Crippen MR) is 115 cm³/mol. The fraction of sp³-hybridized carbons (Fsp3) is 0.318. The Bertz CT molecular complexity index is 998. The van der Waals surface area contributed by atoms with Gasteiger partial charge in [-0.2, -0.15) is 0 Å². The lowest BCUT2D eigenvalue weighted by atomic mass is 9.98. The van der Waals surface area contributed by atoms with Crippen molar-refractivity contribution in [3.05, 3.63) is 62.2 Å². The molecule has 146 valence electrons. The largest absolute Gasteiger partial charge is 0.488 e. The summed E-state index contributed by atoms with van der Waals surface area (Å²) in [4.78, 5) is 13.4. The summed E-state index contributed by atoms with van der Waals surface area (Å²) in [5, 5.41) is 0.858. The Morgan fingerprint density at radius 3 is 2.61 bits per heavy atom. The van der Waals surface area contributed by atoms with E-state index in [0.717, 1.165) is 51.5 Å². The Hall–Kier alpha value is -1.63. The highest BCUT2D eigenvalue weighted by Crippen LogP contribution is 2.37. The monoisotopic (exact) mass is 506 g/mol. The Morgan fingerprint density at radius 2 is 1.93 bits per heavy atom. The lowest BCUT2D eigenvalue weighted by molar-refractivity contribution is 0.103. The van der Waals surface area contributed by atoms with E-state index in [0.29, 0.717) is 23.5 Å². The molecule has 0 radical (unpaired) electrons. The van der Waals surface area contributed by atoms with Crippen LogP contribution in [0.25, 0.3) is 11.0 Å². The van der Waals surface area contributed by atoms with E-state index in [-0.39, 0.29) is 11.9 Å². The van der Waals surface area contributed by atoms with E-state index >= 15 is 0 Å². The van der Waals surface area contributed by atoms with Crippen LogP contribution in [0.1, 0.15) is 41.4 Å². The summed E-state index contributed by atoms with van der Waals surface area (Å²) in [5.74, 6) is 1.39. The molecule has 0 bridgehead atoms. The Labute approximate surface area is 180 Å². The molecule has 4 rings (SSSR count). The summed E-state index contributed by atoms with van der Waals surface area (Å²) in [6.45, 7) is 3.36. The molecule has 1 fully saturated rings. The maximum absolute atomic E-state index is 13.4. The standard InChI is InChI=1S/C22H20Br2O4/c1-2-3-7-19-20(15-6-4-5-8-18(15)28-19)21(25)13-9-16(23)22(17(24)10-13)27-12-14-11-26-14/h4-6,8-10,14H,2-3,7,11-12H2,1H3. The third kappa shape index (κ3) is 4.04. The average Bonchev–Trinajstić information content (AvgIpc) is 3.43. The van der Waals surface area contributed by atoms with E-state index in [4.69, 9.17) is 13.9 Å². The number of furan rings is 1. The van der Waals surface area contributed by atoms with Gasteiger partial charge < -0.3 is 13.9 Å². The van der Waals surface area contributed by atoms with Crippen LogP contribution in [0.3, 0.4) is 0 Å². The molecule has 0 spiro atoms. The molecular weight excluding hydrogens is 488 g/mol. The maximum Gasteiger partial charge on any atom is 0.197 e. The maximum atomic E-state index is 13.4. The first-order valence-corrected chi connectivity index (χ1v) is 11.0. The third-order valence-corrected chi connectivity index (χ3v) is 5.91. The number of ether oxygens (including phenoxy) is 2. The summed E-state index contributed by atoms with van der Waals surface area (Å²) in [6.07, 6.45) is 2.93. The van der Waals surface area contributed by atoms with Crippen molar-refractivity contribution in [3.8, 4) is 5.75 Å². The van der Waals surface area contributed by atoms with Crippen molar-refractivity contribution < 1.29 is 18.7 Å². The van der Waals surface area contributed by atoms with Gasteiger partial charge in [-0.15, -0.1) is 0 Å². The highest BCUT2D eigenvalue weighted by atomic mass is 79.9. The lowest BCUT2D eigenvalue weighted by Crippen LogP contribution is -2.07. The summed E-state index contributed by atoms with van der Waals surface area (Å²) in [6, 6.07) is 11.3. The highest BCUT2D eigenvalue weighted by molar-refractivity contribution is 9.11. The van der Waals surface area contributed by atoms with Crippen LogP contribution in [0, 0.1) is 0 Å². The van der Waals surface area contributed by atoms with Gasteiger partial charge in [-0.3, -0.25) is 4.79 Å². The number of benzene rings is 2. The number of hydrogen-bond donors (Lipinski definition) is 0. The lowest BCUT2D eigenvalue weighted by Gasteiger charge is -2.11. The van der Waals surface area contributed by atoms with Crippen molar-refractivity contribution in [2.24, 2.45) is 0 Å². The highest BCUT2D eigenvalue weighted by Gasteiger charge is 2.26. The number of carbonyl (C=O) groups is 1. The van der Waals surface area contributed by atoms with Crippen molar-refractivity contribution in [2.45, 2.75) is 32.3 Å². The number of aryl methyl sites for hydroxylation is 1. The zero-order valence-electron chi connectivity index (χ0n) is 15.5. The van der Waals surface area contributed by atoms with E-state index in [9.17, 15) is 4.79 Å². The Kier molecular flexibility index (Phi) is 5.90. The van der Waals surface area contributed by atoms with Gasteiger partial charge in [-0.1, -0.05) is 31.5 Å². The number of ketones is 1. The summed E-state index contributed by atoms with van der Waals surface area (Å²) < 4.78 is 18.5. The van der Waals surface area contributed by atoms with Gasteiger partial charge in [-0.05, 0) is 56.5 Å². The van der Waals surface area contributed by atoms with Crippen LogP contribution in [0.4, 0.5) is 0 Å². The van der Waals surface area contributed by atoms with Gasteiger partial charge in [0.15, 0.2) is 5.78 Å². The molecule has 6 heteroatoms. The number of carbonyl (C=O) groups excluding carboxylic acids is 1. The number of epoxide rings is 1. The topological polar surface area (TPSA) is 52.0 Å². The molecule has 4 nitrogen and oxygen atoms in total. The Morgan fingerprint density at radius 1 is 1.21 bits per heavy atom. The van der Waals surface area contributed by atoms with Crippen LogP contribution in [0.5, 0.6) is 5.75 Å². The number of halogens is 2. The van der Waals surface area contributed by atoms with Gasteiger partial charge in [-0.25, -0.2) is 0 Å². The fourth-order valence-electron chi connectivity index (χ4n) is 3.17. The zero-order chi connectivity index (χ0) is 19.7. The molecule has 1 aliphatic rings. The second-order valence-electron chi connectivity index (χ2n) is 6.86. The Balaban J connectivity index is 1.70. The summed E-state index contributed by atoms with van der Waals surface area (Å²) in [7, 11) is 0. The molecule has 2 aromatic carbocycles. The van der Waals surface area contributed by atoms with E-state index < -0.39 is 0 Å². The number of fused-ring (bicyclic) bond motifs is 1. The SMILES string of the molecule is CCCCc1oc2ccccc2c1C(=O)c1cc(Br)c(OCC2CO2)c(Br)c1. The zero-order valence-corrected chi connectivity index (χ0v) is 18.6. The first-order chi connectivity index (χ1) is 13.6. The van der Waals surface area contributed by atoms with Crippen molar-refractivity contribution in [3.63, 3.8) is 0 Å². The number of rotatable bonds is 8.